The van der Waals surface area contributed by atoms with Crippen LogP contribution in [-0.4, -0.2) is 17.2 Å². The predicted octanol–water partition coefficient (Wildman–Crippen LogP) is 3.32. The first-order chi connectivity index (χ1) is 8.15. The number of aliphatic hydroxyl groups is 1. The third-order valence-electron chi connectivity index (χ3n) is 2.72. The molecular weight excluding hydrogens is 263 g/mol. The molecule has 0 spiro atoms. The van der Waals surface area contributed by atoms with E-state index in [1.165, 1.54) is 12.1 Å². The number of halogens is 3. The Morgan fingerprint density at radius 1 is 1.22 bits per heavy atom. The van der Waals surface area contributed by atoms with Crippen molar-refractivity contribution in [2.45, 2.75) is 30.3 Å². The molecule has 0 aromatic heterocycles. The summed E-state index contributed by atoms with van der Waals surface area (Å²) in [5.74, 6) is 0. The van der Waals surface area contributed by atoms with Crippen LogP contribution >= 0.6 is 11.8 Å². The molecule has 0 amide bonds. The van der Waals surface area contributed by atoms with Gasteiger partial charge in [0.25, 0.3) is 0 Å². The Balaban J connectivity index is 2.83. The topological polar surface area (TPSA) is 46.2 Å². The van der Waals surface area contributed by atoms with Gasteiger partial charge in [-0.1, -0.05) is 26.0 Å². The fourth-order valence-electron chi connectivity index (χ4n) is 1.43. The molecule has 102 valence electrons. The van der Waals surface area contributed by atoms with Crippen LogP contribution < -0.4 is 5.73 Å². The molecule has 0 aliphatic rings. The van der Waals surface area contributed by atoms with Gasteiger partial charge in [0, 0.05) is 23.0 Å². The van der Waals surface area contributed by atoms with Crippen molar-refractivity contribution in [3.63, 3.8) is 0 Å². The van der Waals surface area contributed by atoms with E-state index in [9.17, 15) is 18.3 Å². The van der Waals surface area contributed by atoms with Gasteiger partial charge in [-0.15, -0.1) is 0 Å². The van der Waals surface area contributed by atoms with Crippen molar-refractivity contribution in [2.24, 2.45) is 11.1 Å². The van der Waals surface area contributed by atoms with Crippen molar-refractivity contribution in [3.05, 3.63) is 29.8 Å². The van der Waals surface area contributed by atoms with Gasteiger partial charge in [0.15, 0.2) is 0 Å². The number of rotatable bonds is 4. The number of benzene rings is 1. The lowest BCUT2D eigenvalue weighted by Gasteiger charge is -2.29. The van der Waals surface area contributed by atoms with Gasteiger partial charge < -0.3 is 10.8 Å². The largest absolute Gasteiger partial charge is 0.446 e. The van der Waals surface area contributed by atoms with Crippen molar-refractivity contribution in [3.8, 4) is 0 Å². The van der Waals surface area contributed by atoms with Crippen LogP contribution in [0.15, 0.2) is 29.2 Å². The average molecular weight is 279 g/mol. The van der Waals surface area contributed by atoms with Gasteiger partial charge in [-0.2, -0.15) is 13.2 Å². The lowest BCUT2D eigenvalue weighted by Crippen LogP contribution is -2.32. The van der Waals surface area contributed by atoms with Crippen LogP contribution in [-0.2, 0) is 0 Å². The summed E-state index contributed by atoms with van der Waals surface area (Å²) in [6, 6.07) is 5.49. The van der Waals surface area contributed by atoms with Crippen LogP contribution in [0.4, 0.5) is 13.2 Å². The third kappa shape index (κ3) is 4.19. The maximum absolute atomic E-state index is 12.1. The smallest absolute Gasteiger partial charge is 0.396 e. The van der Waals surface area contributed by atoms with Gasteiger partial charge in [0.2, 0.25) is 0 Å². The van der Waals surface area contributed by atoms with E-state index in [0.717, 1.165) is 0 Å². The Morgan fingerprint density at radius 2 is 1.72 bits per heavy atom. The van der Waals surface area contributed by atoms with Crippen molar-refractivity contribution >= 4 is 11.8 Å². The van der Waals surface area contributed by atoms with Crippen LogP contribution in [0.3, 0.4) is 0 Å². The first-order valence-electron chi connectivity index (χ1n) is 5.38. The number of alkyl halides is 3. The fourth-order valence-corrected chi connectivity index (χ4v) is 1.97. The highest BCUT2D eigenvalue weighted by atomic mass is 32.2. The summed E-state index contributed by atoms with van der Waals surface area (Å²) in [7, 11) is 0. The maximum atomic E-state index is 12.1. The van der Waals surface area contributed by atoms with Crippen LogP contribution in [0, 0.1) is 5.41 Å². The highest BCUT2D eigenvalue weighted by Gasteiger charge is 2.30. The van der Waals surface area contributed by atoms with Gasteiger partial charge in [-0.3, -0.25) is 0 Å². The number of nitrogens with two attached hydrogens (primary N) is 1. The second-order valence-corrected chi connectivity index (χ2v) is 5.88. The Kier molecular flexibility index (Phi) is 4.69. The monoisotopic (exact) mass is 279 g/mol. The van der Waals surface area contributed by atoms with E-state index in [4.69, 9.17) is 5.73 Å². The molecule has 0 radical (unpaired) electrons. The van der Waals surface area contributed by atoms with Crippen LogP contribution in [0.25, 0.3) is 0 Å². The quantitative estimate of drug-likeness (QED) is 0.831. The average Bonchev–Trinajstić information content (AvgIpc) is 2.27. The summed E-state index contributed by atoms with van der Waals surface area (Å²) >= 11 is -0.156. The zero-order valence-corrected chi connectivity index (χ0v) is 11.0. The maximum Gasteiger partial charge on any atom is 0.446 e. The molecule has 18 heavy (non-hydrogen) atoms. The highest BCUT2D eigenvalue weighted by molar-refractivity contribution is 8.00. The van der Waals surface area contributed by atoms with E-state index in [2.05, 4.69) is 0 Å². The fraction of sp³-hybridized carbons (Fsp3) is 0.500. The van der Waals surface area contributed by atoms with E-state index in [1.807, 2.05) is 0 Å². The Labute approximate surface area is 108 Å². The van der Waals surface area contributed by atoms with E-state index >= 15 is 0 Å². The number of aliphatic hydroxyl groups excluding tert-OH is 1. The first kappa shape index (κ1) is 15.3. The summed E-state index contributed by atoms with van der Waals surface area (Å²) in [6.07, 6.45) is 0. The van der Waals surface area contributed by atoms with Crippen molar-refractivity contribution in [2.75, 3.05) is 6.61 Å². The zero-order chi connectivity index (χ0) is 14.0. The molecule has 0 fully saturated rings. The van der Waals surface area contributed by atoms with Crippen molar-refractivity contribution in [1.82, 2.24) is 0 Å². The molecule has 0 aliphatic carbocycles. The molecule has 0 aliphatic heterocycles. The van der Waals surface area contributed by atoms with Gasteiger partial charge in [0.1, 0.15) is 0 Å². The van der Waals surface area contributed by atoms with E-state index < -0.39 is 17.0 Å². The summed E-state index contributed by atoms with van der Waals surface area (Å²) in [5, 5.41) is 9.20. The Bertz CT molecular complexity index is 389. The van der Waals surface area contributed by atoms with E-state index in [-0.39, 0.29) is 23.3 Å². The molecule has 0 heterocycles. The molecular formula is C12H16F3NOS. The summed E-state index contributed by atoms with van der Waals surface area (Å²) in [6.45, 7) is 3.51. The summed E-state index contributed by atoms with van der Waals surface area (Å²) < 4.78 is 36.4. The molecule has 0 unspecified atom stereocenters. The molecule has 0 saturated carbocycles. The zero-order valence-electron chi connectivity index (χ0n) is 10.2. The molecule has 1 atom stereocenters. The van der Waals surface area contributed by atoms with Crippen molar-refractivity contribution in [1.29, 1.82) is 0 Å². The van der Waals surface area contributed by atoms with E-state index in [0.29, 0.717) is 5.56 Å². The number of hydrogen-bond acceptors (Lipinski definition) is 3. The minimum Gasteiger partial charge on any atom is -0.396 e. The summed E-state index contributed by atoms with van der Waals surface area (Å²) in [5.41, 5.74) is 1.88. The van der Waals surface area contributed by atoms with Gasteiger partial charge in [-0.05, 0) is 29.5 Å². The highest BCUT2D eigenvalue weighted by Crippen LogP contribution is 2.38. The molecule has 0 saturated heterocycles. The molecule has 2 nitrogen and oxygen atoms in total. The molecule has 0 bridgehead atoms. The minimum absolute atomic E-state index is 0.0901. The first-order valence-corrected chi connectivity index (χ1v) is 6.19. The normalized spacial score (nSPS) is 14.6. The standard InChI is InChI=1S/C12H16F3NOS/c1-11(2,7-17)10(16)8-3-5-9(6-4-8)18-12(13,14)15/h3-6,10,17H,7,16H2,1-2H3/t10-/m1/s1. The third-order valence-corrected chi connectivity index (χ3v) is 3.46. The molecule has 1 aromatic rings. The van der Waals surface area contributed by atoms with Crippen LogP contribution in [0.1, 0.15) is 25.5 Å². The van der Waals surface area contributed by atoms with Gasteiger partial charge in [-0.25, -0.2) is 0 Å². The van der Waals surface area contributed by atoms with Gasteiger partial charge >= 0.3 is 5.51 Å². The lowest BCUT2D eigenvalue weighted by molar-refractivity contribution is -0.0328. The Hall–Kier alpha value is -0.720. The van der Waals surface area contributed by atoms with Crippen LogP contribution in [0.5, 0.6) is 0 Å². The van der Waals surface area contributed by atoms with Crippen molar-refractivity contribution < 1.29 is 18.3 Å². The SMILES string of the molecule is CC(C)(CO)[C@H](N)c1ccc(SC(F)(F)F)cc1. The molecule has 1 rings (SSSR count). The molecule has 1 aromatic carbocycles. The molecule has 3 N–H and O–H groups in total. The van der Waals surface area contributed by atoms with E-state index in [1.54, 1.807) is 26.0 Å². The lowest BCUT2D eigenvalue weighted by atomic mass is 9.82. The number of thioether (sulfide) groups is 1. The second kappa shape index (κ2) is 5.50. The predicted molar refractivity (Wildman–Crippen MR) is 66.1 cm³/mol. The minimum atomic E-state index is -4.28. The Morgan fingerprint density at radius 3 is 2.11 bits per heavy atom. The van der Waals surface area contributed by atoms with Crippen LogP contribution in [0.2, 0.25) is 0 Å². The summed E-state index contributed by atoms with van der Waals surface area (Å²) in [4.78, 5) is 0.125. The molecule has 6 heteroatoms. The number of hydrogen-bond donors (Lipinski definition) is 2. The second-order valence-electron chi connectivity index (χ2n) is 4.74. The van der Waals surface area contributed by atoms with Gasteiger partial charge in [0.05, 0.1) is 0 Å².